The first-order valence-corrected chi connectivity index (χ1v) is 6.49. The Labute approximate surface area is 116 Å². The molecular formula is C14H17F2N3O. The van der Waals surface area contributed by atoms with Gasteiger partial charge in [-0.2, -0.15) is 0 Å². The van der Waals surface area contributed by atoms with Gasteiger partial charge in [0.2, 0.25) is 0 Å². The van der Waals surface area contributed by atoms with Crippen LogP contribution in [0.4, 0.5) is 20.4 Å². The molecule has 0 saturated heterocycles. The summed E-state index contributed by atoms with van der Waals surface area (Å²) in [5, 5.41) is 5.62. The summed E-state index contributed by atoms with van der Waals surface area (Å²) in [5.41, 5.74) is 0. The molecular weight excluding hydrogens is 264 g/mol. The number of rotatable bonds is 6. The van der Waals surface area contributed by atoms with Crippen LogP contribution in [0.1, 0.15) is 24.9 Å². The molecule has 0 fully saturated rings. The first kappa shape index (κ1) is 14.3. The second-order valence-corrected chi connectivity index (χ2v) is 4.44. The predicted octanol–water partition coefficient (Wildman–Crippen LogP) is 3.70. The van der Waals surface area contributed by atoms with Crippen LogP contribution >= 0.6 is 0 Å². The van der Waals surface area contributed by atoms with Crippen LogP contribution in [-0.4, -0.2) is 11.5 Å². The van der Waals surface area contributed by atoms with E-state index in [0.717, 1.165) is 18.2 Å². The third kappa shape index (κ3) is 3.46. The highest BCUT2D eigenvalue weighted by atomic mass is 19.1. The zero-order valence-electron chi connectivity index (χ0n) is 11.5. The van der Waals surface area contributed by atoms with Crippen molar-refractivity contribution in [1.82, 2.24) is 4.98 Å². The Hall–Kier alpha value is -2.11. The van der Waals surface area contributed by atoms with Gasteiger partial charge in [-0.15, -0.1) is 0 Å². The van der Waals surface area contributed by atoms with E-state index in [4.69, 9.17) is 4.42 Å². The van der Waals surface area contributed by atoms with Crippen molar-refractivity contribution < 1.29 is 13.2 Å². The number of pyridine rings is 1. The lowest BCUT2D eigenvalue weighted by atomic mass is 10.3. The average molecular weight is 281 g/mol. The summed E-state index contributed by atoms with van der Waals surface area (Å²) >= 11 is 0. The molecule has 2 heterocycles. The van der Waals surface area contributed by atoms with Crippen LogP contribution in [0.15, 0.2) is 22.6 Å². The van der Waals surface area contributed by atoms with Gasteiger partial charge in [-0.3, -0.25) is 0 Å². The summed E-state index contributed by atoms with van der Waals surface area (Å²) in [7, 11) is 0. The summed E-state index contributed by atoms with van der Waals surface area (Å²) in [6, 6.07) is 4.43. The van der Waals surface area contributed by atoms with Gasteiger partial charge < -0.3 is 15.1 Å². The van der Waals surface area contributed by atoms with Crippen molar-refractivity contribution in [2.75, 3.05) is 17.2 Å². The maximum absolute atomic E-state index is 13.6. The van der Waals surface area contributed by atoms with Crippen molar-refractivity contribution in [2.45, 2.75) is 26.8 Å². The minimum absolute atomic E-state index is 0.000874. The Balaban J connectivity index is 2.09. The summed E-state index contributed by atoms with van der Waals surface area (Å²) in [6.45, 7) is 4.64. The zero-order valence-corrected chi connectivity index (χ0v) is 11.5. The molecule has 0 saturated carbocycles. The van der Waals surface area contributed by atoms with Crippen molar-refractivity contribution in [3.63, 3.8) is 0 Å². The largest absolute Gasteiger partial charge is 0.465 e. The summed E-state index contributed by atoms with van der Waals surface area (Å²) in [5.74, 6) is 0.0596. The van der Waals surface area contributed by atoms with Gasteiger partial charge >= 0.3 is 0 Å². The maximum atomic E-state index is 13.6. The molecule has 4 nitrogen and oxygen atoms in total. The van der Waals surface area contributed by atoms with Gasteiger partial charge in [0.05, 0.1) is 6.54 Å². The molecule has 0 aliphatic carbocycles. The Morgan fingerprint density at radius 2 is 1.85 bits per heavy atom. The molecule has 0 radical (unpaired) electrons. The standard InChI is InChI=1S/C14H17F2N3O/c1-3-6-17-13-11(15)7-12(16)14(19-13)18-8-10-5-4-9(2)20-10/h4-5,7H,3,6,8H2,1-2H3,(H2,17,18,19). The normalized spacial score (nSPS) is 10.6. The Morgan fingerprint density at radius 1 is 1.15 bits per heavy atom. The zero-order chi connectivity index (χ0) is 14.5. The molecule has 0 amide bonds. The third-order valence-electron chi connectivity index (χ3n) is 2.70. The van der Waals surface area contributed by atoms with E-state index in [1.54, 1.807) is 6.07 Å². The molecule has 2 rings (SSSR count). The number of nitrogens with one attached hydrogen (secondary N) is 2. The van der Waals surface area contributed by atoms with Crippen LogP contribution in [0.5, 0.6) is 0 Å². The molecule has 0 spiro atoms. The van der Waals surface area contributed by atoms with Crippen LogP contribution in [0, 0.1) is 18.6 Å². The monoisotopic (exact) mass is 281 g/mol. The highest BCUT2D eigenvalue weighted by Crippen LogP contribution is 2.20. The SMILES string of the molecule is CCCNc1nc(NCc2ccc(C)o2)c(F)cc1F. The van der Waals surface area contributed by atoms with Gasteiger partial charge in [-0.1, -0.05) is 6.92 Å². The number of hydrogen-bond acceptors (Lipinski definition) is 4. The van der Waals surface area contributed by atoms with Crippen LogP contribution in [0.3, 0.4) is 0 Å². The van der Waals surface area contributed by atoms with E-state index in [1.165, 1.54) is 0 Å². The van der Waals surface area contributed by atoms with Gasteiger partial charge in [0.1, 0.15) is 11.5 Å². The molecule has 2 N–H and O–H groups in total. The van der Waals surface area contributed by atoms with E-state index >= 15 is 0 Å². The lowest BCUT2D eigenvalue weighted by Gasteiger charge is -2.10. The topological polar surface area (TPSA) is 50.1 Å². The van der Waals surface area contributed by atoms with Crippen LogP contribution in [0.2, 0.25) is 0 Å². The van der Waals surface area contributed by atoms with Gasteiger partial charge in [0.15, 0.2) is 23.3 Å². The van der Waals surface area contributed by atoms with E-state index in [1.807, 2.05) is 19.9 Å². The highest BCUT2D eigenvalue weighted by molar-refractivity contribution is 5.47. The summed E-state index contributed by atoms with van der Waals surface area (Å²) in [4.78, 5) is 3.92. The second kappa shape index (κ2) is 6.36. The number of hydrogen-bond donors (Lipinski definition) is 2. The van der Waals surface area contributed by atoms with E-state index in [0.29, 0.717) is 12.3 Å². The van der Waals surface area contributed by atoms with Crippen LogP contribution in [-0.2, 0) is 6.54 Å². The van der Waals surface area contributed by atoms with Crippen molar-refractivity contribution in [3.05, 3.63) is 41.4 Å². The van der Waals surface area contributed by atoms with E-state index < -0.39 is 11.6 Å². The van der Waals surface area contributed by atoms with Crippen molar-refractivity contribution in [1.29, 1.82) is 0 Å². The summed E-state index contributed by atoms with van der Waals surface area (Å²) < 4.78 is 32.5. The number of halogens is 2. The van der Waals surface area contributed by atoms with E-state index in [2.05, 4.69) is 15.6 Å². The molecule has 6 heteroatoms. The molecule has 0 aromatic carbocycles. The highest BCUT2D eigenvalue weighted by Gasteiger charge is 2.11. The van der Waals surface area contributed by atoms with E-state index in [-0.39, 0.29) is 18.2 Å². The van der Waals surface area contributed by atoms with Gasteiger partial charge in [-0.25, -0.2) is 13.8 Å². The molecule has 20 heavy (non-hydrogen) atoms. The molecule has 0 bridgehead atoms. The van der Waals surface area contributed by atoms with Crippen molar-refractivity contribution >= 4 is 11.6 Å². The number of aromatic nitrogens is 1. The minimum Gasteiger partial charge on any atom is -0.465 e. The Morgan fingerprint density at radius 3 is 2.45 bits per heavy atom. The second-order valence-electron chi connectivity index (χ2n) is 4.44. The lowest BCUT2D eigenvalue weighted by Crippen LogP contribution is -2.09. The first-order valence-electron chi connectivity index (χ1n) is 6.49. The van der Waals surface area contributed by atoms with E-state index in [9.17, 15) is 8.78 Å². The molecule has 2 aromatic rings. The quantitative estimate of drug-likeness (QED) is 0.847. The number of anilines is 2. The maximum Gasteiger partial charge on any atom is 0.168 e. The smallest absolute Gasteiger partial charge is 0.168 e. The van der Waals surface area contributed by atoms with Gasteiger partial charge in [-0.05, 0) is 25.5 Å². The fourth-order valence-electron chi connectivity index (χ4n) is 1.71. The number of nitrogens with zero attached hydrogens (tertiary/aromatic N) is 1. The average Bonchev–Trinajstić information content (AvgIpc) is 2.82. The summed E-state index contributed by atoms with van der Waals surface area (Å²) in [6.07, 6.45) is 0.826. The minimum atomic E-state index is -0.729. The number of furan rings is 1. The molecule has 108 valence electrons. The third-order valence-corrected chi connectivity index (χ3v) is 2.70. The fourth-order valence-corrected chi connectivity index (χ4v) is 1.71. The molecule has 0 aliphatic heterocycles. The Bertz CT molecular complexity index is 584. The predicted molar refractivity (Wildman–Crippen MR) is 73.7 cm³/mol. The fraction of sp³-hybridized carbons (Fsp3) is 0.357. The van der Waals surface area contributed by atoms with Gasteiger partial charge in [0, 0.05) is 12.6 Å². The number of aryl methyl sites for hydroxylation is 1. The Kier molecular flexibility index (Phi) is 4.55. The molecule has 0 unspecified atom stereocenters. The van der Waals surface area contributed by atoms with Gasteiger partial charge in [0.25, 0.3) is 0 Å². The molecule has 0 aliphatic rings. The van der Waals surface area contributed by atoms with Crippen molar-refractivity contribution in [2.24, 2.45) is 0 Å². The molecule has 0 atom stereocenters. The lowest BCUT2D eigenvalue weighted by molar-refractivity contribution is 0.489. The first-order chi connectivity index (χ1) is 9.60. The molecule has 2 aromatic heterocycles. The van der Waals surface area contributed by atoms with Crippen molar-refractivity contribution in [3.8, 4) is 0 Å². The van der Waals surface area contributed by atoms with Crippen LogP contribution < -0.4 is 10.6 Å². The van der Waals surface area contributed by atoms with Crippen LogP contribution in [0.25, 0.3) is 0 Å².